The molecule has 3 fully saturated rings. The summed E-state index contributed by atoms with van der Waals surface area (Å²) in [6.45, 7) is 8.09. The fourth-order valence-corrected chi connectivity index (χ4v) is 5.58. The van der Waals surface area contributed by atoms with Crippen LogP contribution in [0.15, 0.2) is 36.7 Å². The van der Waals surface area contributed by atoms with Crippen LogP contribution in [-0.4, -0.2) is 99.7 Å². The van der Waals surface area contributed by atoms with Gasteiger partial charge in [0.2, 0.25) is 0 Å². The van der Waals surface area contributed by atoms with Crippen LogP contribution >= 0.6 is 0 Å². The van der Waals surface area contributed by atoms with Gasteiger partial charge < -0.3 is 24.2 Å². The van der Waals surface area contributed by atoms with E-state index in [1.165, 1.54) is 0 Å². The number of amides is 3. The van der Waals surface area contributed by atoms with Crippen LogP contribution in [0.1, 0.15) is 80.0 Å². The zero-order valence-corrected chi connectivity index (χ0v) is 24.5. The average molecular weight is 564 g/mol. The Balaban J connectivity index is 1.20. The van der Waals surface area contributed by atoms with Gasteiger partial charge in [0.25, 0.3) is 11.8 Å². The zero-order chi connectivity index (χ0) is 29.1. The van der Waals surface area contributed by atoms with Crippen molar-refractivity contribution in [2.24, 2.45) is 0 Å². The topological polar surface area (TPSA) is 105 Å². The molecule has 2 saturated heterocycles. The van der Waals surface area contributed by atoms with E-state index in [0.29, 0.717) is 43.3 Å². The molecule has 0 bridgehead atoms. The SMILES string of the molecule is CN(C(=O)c1ccc(-c2ncc(C(=O)N(C3CC3)C3CCN(C(=O)OC(C)(C)C)CC3)cn2)cc1)C1CCOCC1. The van der Waals surface area contributed by atoms with Gasteiger partial charge in [-0.1, -0.05) is 12.1 Å². The Labute approximate surface area is 242 Å². The first-order valence-corrected chi connectivity index (χ1v) is 14.7. The first-order valence-electron chi connectivity index (χ1n) is 14.7. The molecule has 10 heteroatoms. The molecule has 2 aliphatic heterocycles. The number of carbonyl (C=O) groups is 3. The molecule has 0 radical (unpaired) electrons. The number of likely N-dealkylation sites (tertiary alicyclic amines) is 1. The Morgan fingerprint density at radius 1 is 0.829 bits per heavy atom. The van der Waals surface area contributed by atoms with Crippen molar-refractivity contribution in [1.82, 2.24) is 24.7 Å². The number of nitrogens with zero attached hydrogens (tertiary/aromatic N) is 5. The Morgan fingerprint density at radius 3 is 1.98 bits per heavy atom. The predicted octanol–water partition coefficient (Wildman–Crippen LogP) is 4.40. The maximum absolute atomic E-state index is 13.6. The van der Waals surface area contributed by atoms with Gasteiger partial charge in [-0.25, -0.2) is 14.8 Å². The van der Waals surface area contributed by atoms with Gasteiger partial charge in [-0.05, 0) is 71.4 Å². The van der Waals surface area contributed by atoms with Gasteiger partial charge in [-0.2, -0.15) is 0 Å². The highest BCUT2D eigenvalue weighted by molar-refractivity contribution is 5.95. The lowest BCUT2D eigenvalue weighted by Crippen LogP contribution is -2.50. The quantitative estimate of drug-likeness (QED) is 0.513. The summed E-state index contributed by atoms with van der Waals surface area (Å²) in [5, 5.41) is 0. The number of hydrogen-bond acceptors (Lipinski definition) is 7. The van der Waals surface area contributed by atoms with E-state index in [4.69, 9.17) is 9.47 Å². The number of carbonyl (C=O) groups excluding carboxylic acids is 3. The fraction of sp³-hybridized carbons (Fsp3) is 0.581. The summed E-state index contributed by atoms with van der Waals surface area (Å²) in [4.78, 5) is 53.5. The molecule has 10 nitrogen and oxygen atoms in total. The minimum atomic E-state index is -0.531. The number of aromatic nitrogens is 2. The summed E-state index contributed by atoms with van der Waals surface area (Å²) in [7, 11) is 1.85. The third kappa shape index (κ3) is 7.04. The molecule has 0 atom stereocenters. The smallest absolute Gasteiger partial charge is 0.410 e. The molecule has 5 rings (SSSR count). The van der Waals surface area contributed by atoms with Gasteiger partial charge in [0.05, 0.1) is 5.56 Å². The van der Waals surface area contributed by atoms with Crippen LogP contribution in [0.2, 0.25) is 0 Å². The number of rotatable bonds is 6. The van der Waals surface area contributed by atoms with Crippen molar-refractivity contribution in [2.75, 3.05) is 33.4 Å². The van der Waals surface area contributed by atoms with E-state index in [9.17, 15) is 14.4 Å². The molecule has 1 aromatic heterocycles. The monoisotopic (exact) mass is 563 g/mol. The zero-order valence-electron chi connectivity index (χ0n) is 24.5. The molecule has 2 aromatic rings. The molecule has 3 aliphatic rings. The van der Waals surface area contributed by atoms with E-state index >= 15 is 0 Å². The highest BCUT2D eigenvalue weighted by Gasteiger charge is 2.40. The first-order chi connectivity index (χ1) is 19.6. The predicted molar refractivity (Wildman–Crippen MR) is 153 cm³/mol. The molecular weight excluding hydrogens is 522 g/mol. The number of piperidine rings is 1. The molecule has 0 spiro atoms. The van der Waals surface area contributed by atoms with Crippen LogP contribution in [-0.2, 0) is 9.47 Å². The molecule has 1 aliphatic carbocycles. The van der Waals surface area contributed by atoms with Crippen molar-refractivity contribution < 1.29 is 23.9 Å². The summed E-state index contributed by atoms with van der Waals surface area (Å²) in [5.41, 5.74) is 1.33. The molecular formula is C31H41N5O5. The second kappa shape index (κ2) is 12.1. The van der Waals surface area contributed by atoms with Crippen molar-refractivity contribution in [1.29, 1.82) is 0 Å². The first kappa shape index (κ1) is 29.0. The van der Waals surface area contributed by atoms with Gasteiger partial charge in [-0.3, -0.25) is 9.59 Å². The van der Waals surface area contributed by atoms with Crippen LogP contribution in [0.3, 0.4) is 0 Å². The van der Waals surface area contributed by atoms with E-state index in [0.717, 1.165) is 44.1 Å². The van der Waals surface area contributed by atoms with Gasteiger partial charge in [-0.15, -0.1) is 0 Å². The average Bonchev–Trinajstić information content (AvgIpc) is 3.82. The largest absolute Gasteiger partial charge is 0.444 e. The molecule has 3 amide bonds. The van der Waals surface area contributed by atoms with E-state index in [1.54, 1.807) is 34.3 Å². The van der Waals surface area contributed by atoms with Crippen molar-refractivity contribution in [3.8, 4) is 11.4 Å². The number of hydrogen-bond donors (Lipinski definition) is 0. The van der Waals surface area contributed by atoms with Crippen LogP contribution < -0.4 is 0 Å². The van der Waals surface area contributed by atoms with Crippen molar-refractivity contribution in [3.63, 3.8) is 0 Å². The lowest BCUT2D eigenvalue weighted by molar-refractivity contribution is 0.0141. The number of benzene rings is 1. The summed E-state index contributed by atoms with van der Waals surface area (Å²) >= 11 is 0. The molecule has 0 N–H and O–H groups in total. The third-order valence-electron chi connectivity index (χ3n) is 8.03. The second-order valence-electron chi connectivity index (χ2n) is 12.3. The summed E-state index contributed by atoms with van der Waals surface area (Å²) in [6.07, 6.45) is 8.00. The maximum atomic E-state index is 13.6. The Bertz CT molecular complexity index is 1230. The van der Waals surface area contributed by atoms with Crippen LogP contribution in [0.4, 0.5) is 4.79 Å². The summed E-state index contributed by atoms with van der Waals surface area (Å²) in [6, 6.07) is 7.77. The standard InChI is InChI=1S/C31H41N5O5/c1-31(2,3)41-30(39)35-15-11-26(12-16-35)36(25-9-10-25)29(38)23-19-32-27(33-20-23)21-5-7-22(8-6-21)28(37)34(4)24-13-17-40-18-14-24/h5-8,19-20,24-26H,9-18H2,1-4H3. The van der Waals surface area contributed by atoms with Crippen molar-refractivity contribution >= 4 is 17.9 Å². The summed E-state index contributed by atoms with van der Waals surface area (Å²) < 4.78 is 10.9. The van der Waals surface area contributed by atoms with Crippen molar-refractivity contribution in [3.05, 3.63) is 47.8 Å². The molecule has 220 valence electrons. The molecule has 1 aromatic carbocycles. The van der Waals surface area contributed by atoms with E-state index < -0.39 is 5.60 Å². The van der Waals surface area contributed by atoms with E-state index in [2.05, 4.69) is 9.97 Å². The summed E-state index contributed by atoms with van der Waals surface area (Å²) in [5.74, 6) is 0.427. The Hall–Kier alpha value is -3.53. The van der Waals surface area contributed by atoms with Gasteiger partial charge in [0.1, 0.15) is 5.60 Å². The highest BCUT2D eigenvalue weighted by atomic mass is 16.6. The van der Waals surface area contributed by atoms with Crippen molar-refractivity contribution in [2.45, 2.75) is 83.0 Å². The van der Waals surface area contributed by atoms with Crippen LogP contribution in [0.5, 0.6) is 0 Å². The maximum Gasteiger partial charge on any atom is 0.410 e. The van der Waals surface area contributed by atoms with Crippen LogP contribution in [0.25, 0.3) is 11.4 Å². The highest BCUT2D eigenvalue weighted by Crippen LogP contribution is 2.33. The fourth-order valence-electron chi connectivity index (χ4n) is 5.58. The lowest BCUT2D eigenvalue weighted by Gasteiger charge is -2.39. The van der Waals surface area contributed by atoms with E-state index in [1.807, 2.05) is 44.9 Å². The van der Waals surface area contributed by atoms with E-state index in [-0.39, 0.29) is 36.0 Å². The Kier molecular flexibility index (Phi) is 8.58. The number of ether oxygens (including phenoxy) is 2. The molecule has 0 unspecified atom stereocenters. The molecule has 41 heavy (non-hydrogen) atoms. The molecule has 1 saturated carbocycles. The molecule has 3 heterocycles. The minimum absolute atomic E-state index is 0.0117. The third-order valence-corrected chi connectivity index (χ3v) is 8.03. The minimum Gasteiger partial charge on any atom is -0.444 e. The normalized spacial score (nSPS) is 18.6. The second-order valence-corrected chi connectivity index (χ2v) is 12.3. The Morgan fingerprint density at radius 2 is 1.41 bits per heavy atom. The van der Waals surface area contributed by atoms with Gasteiger partial charge in [0.15, 0.2) is 5.82 Å². The van der Waals surface area contributed by atoms with Gasteiger partial charge in [0, 0.05) is 75.0 Å². The van der Waals surface area contributed by atoms with Crippen LogP contribution in [0, 0.1) is 0 Å². The lowest BCUT2D eigenvalue weighted by atomic mass is 10.0. The van der Waals surface area contributed by atoms with Gasteiger partial charge >= 0.3 is 6.09 Å².